The van der Waals surface area contributed by atoms with Crippen LogP contribution in [-0.4, -0.2) is 28.8 Å². The zero-order valence-corrected chi connectivity index (χ0v) is 7.19. The second-order valence-electron chi connectivity index (χ2n) is 1.79. The Hall–Kier alpha value is -1.62. The molecular formula is C8H13NO4. The van der Waals surface area contributed by atoms with E-state index in [2.05, 4.69) is 18.5 Å². The Morgan fingerprint density at radius 1 is 1.38 bits per heavy atom. The van der Waals surface area contributed by atoms with Crippen molar-refractivity contribution in [2.45, 2.75) is 6.42 Å². The summed E-state index contributed by atoms with van der Waals surface area (Å²) in [4.78, 5) is 19.6. The Morgan fingerprint density at radius 3 is 2.00 bits per heavy atom. The van der Waals surface area contributed by atoms with E-state index >= 15 is 0 Å². The van der Waals surface area contributed by atoms with Crippen molar-refractivity contribution in [3.05, 3.63) is 25.3 Å². The third-order valence-corrected chi connectivity index (χ3v) is 0.758. The summed E-state index contributed by atoms with van der Waals surface area (Å²) in [6.07, 6.45) is 2.50. The normalized spacial score (nSPS) is 7.46. The first-order valence-electron chi connectivity index (χ1n) is 3.42. The summed E-state index contributed by atoms with van der Waals surface area (Å²) in [5.41, 5.74) is 0. The Bertz CT molecular complexity index is 189. The Balaban J connectivity index is 0. The number of amides is 1. The van der Waals surface area contributed by atoms with Gasteiger partial charge in [-0.3, -0.25) is 9.59 Å². The molecule has 0 aliphatic carbocycles. The molecule has 5 heteroatoms. The van der Waals surface area contributed by atoms with Gasteiger partial charge in [0.15, 0.2) is 0 Å². The van der Waals surface area contributed by atoms with Gasteiger partial charge in [0.2, 0.25) is 5.91 Å². The van der Waals surface area contributed by atoms with Gasteiger partial charge in [0.25, 0.3) is 0 Å². The lowest BCUT2D eigenvalue weighted by Crippen LogP contribution is -2.20. The van der Waals surface area contributed by atoms with Gasteiger partial charge in [-0.1, -0.05) is 12.7 Å². The summed E-state index contributed by atoms with van der Waals surface area (Å²) in [7, 11) is 0. The molecule has 3 N–H and O–H groups in total. The van der Waals surface area contributed by atoms with Crippen molar-refractivity contribution < 1.29 is 19.8 Å². The van der Waals surface area contributed by atoms with Gasteiger partial charge in [0.05, 0.1) is 6.42 Å². The molecule has 0 aliphatic heterocycles. The molecule has 0 saturated heterocycles. The summed E-state index contributed by atoms with van der Waals surface area (Å²) < 4.78 is 0. The van der Waals surface area contributed by atoms with Gasteiger partial charge < -0.3 is 15.5 Å². The van der Waals surface area contributed by atoms with Crippen LogP contribution < -0.4 is 5.32 Å². The highest BCUT2D eigenvalue weighted by Crippen LogP contribution is 1.74. The van der Waals surface area contributed by atoms with Gasteiger partial charge in [-0.15, -0.1) is 6.58 Å². The van der Waals surface area contributed by atoms with Crippen molar-refractivity contribution in [3.63, 3.8) is 0 Å². The van der Waals surface area contributed by atoms with Gasteiger partial charge in [0.1, 0.15) is 6.73 Å². The number of nitrogens with one attached hydrogen (secondary N) is 1. The van der Waals surface area contributed by atoms with E-state index in [0.717, 1.165) is 6.08 Å². The molecule has 0 aliphatic rings. The number of hydrogen-bond acceptors (Lipinski definition) is 3. The van der Waals surface area contributed by atoms with Crippen LogP contribution in [0.1, 0.15) is 6.42 Å². The molecule has 74 valence electrons. The molecule has 0 fully saturated rings. The van der Waals surface area contributed by atoms with Crippen LogP contribution in [0.4, 0.5) is 0 Å². The molecule has 0 unspecified atom stereocenters. The number of aliphatic hydroxyl groups excluding tert-OH is 1. The number of carboxylic acid groups (broad SMARTS) is 1. The smallest absolute Gasteiger partial charge is 0.307 e. The zero-order valence-electron chi connectivity index (χ0n) is 7.19. The first-order chi connectivity index (χ1) is 6.08. The average molecular weight is 187 g/mol. The SMILES string of the molecule is C=CC(=O)NCO.C=CCC(=O)O. The second-order valence-corrected chi connectivity index (χ2v) is 1.79. The second kappa shape index (κ2) is 10.4. The average Bonchev–Trinajstić information content (AvgIpc) is 2.05. The summed E-state index contributed by atoms with van der Waals surface area (Å²) in [5, 5.41) is 17.9. The van der Waals surface area contributed by atoms with E-state index in [-0.39, 0.29) is 19.1 Å². The van der Waals surface area contributed by atoms with E-state index < -0.39 is 5.97 Å². The summed E-state index contributed by atoms with van der Waals surface area (Å²) >= 11 is 0. The minimum Gasteiger partial charge on any atom is -0.481 e. The third kappa shape index (κ3) is 17.9. The first kappa shape index (κ1) is 13.9. The third-order valence-electron chi connectivity index (χ3n) is 0.758. The lowest BCUT2D eigenvalue weighted by atomic mass is 10.4. The largest absolute Gasteiger partial charge is 0.481 e. The summed E-state index contributed by atoms with van der Waals surface area (Å²) in [5.74, 6) is -1.19. The maximum Gasteiger partial charge on any atom is 0.307 e. The van der Waals surface area contributed by atoms with Crippen LogP contribution in [0.25, 0.3) is 0 Å². The van der Waals surface area contributed by atoms with Crippen molar-refractivity contribution in [1.29, 1.82) is 0 Å². The van der Waals surface area contributed by atoms with Gasteiger partial charge in [-0.05, 0) is 6.08 Å². The molecule has 5 nitrogen and oxygen atoms in total. The standard InChI is InChI=1S/C4H7NO2.C4H6O2/c1-2-4(7)5-3-6;1-2-3-4(5)6/h2,6H,1,3H2,(H,5,7);2H,1,3H2,(H,5,6). The minimum atomic E-state index is -0.829. The number of carbonyl (C=O) groups is 2. The van der Waals surface area contributed by atoms with Crippen LogP contribution in [-0.2, 0) is 9.59 Å². The molecule has 0 aromatic heterocycles. The highest BCUT2D eigenvalue weighted by atomic mass is 16.4. The zero-order chi connectivity index (χ0) is 10.7. The molecule has 1 amide bonds. The van der Waals surface area contributed by atoms with E-state index in [1.165, 1.54) is 6.08 Å². The molecule has 0 radical (unpaired) electrons. The van der Waals surface area contributed by atoms with E-state index in [1.54, 1.807) is 0 Å². The molecule has 0 spiro atoms. The molecule has 13 heavy (non-hydrogen) atoms. The van der Waals surface area contributed by atoms with Crippen LogP contribution in [0.5, 0.6) is 0 Å². The molecule has 0 rings (SSSR count). The van der Waals surface area contributed by atoms with E-state index in [0.29, 0.717) is 0 Å². The number of aliphatic carboxylic acids is 1. The quantitative estimate of drug-likeness (QED) is 0.325. The number of hydrogen-bond donors (Lipinski definition) is 3. The van der Waals surface area contributed by atoms with E-state index in [9.17, 15) is 9.59 Å². The van der Waals surface area contributed by atoms with Crippen LogP contribution in [0.2, 0.25) is 0 Å². The van der Waals surface area contributed by atoms with Crippen LogP contribution >= 0.6 is 0 Å². The van der Waals surface area contributed by atoms with Crippen molar-refractivity contribution >= 4 is 11.9 Å². The maximum absolute atomic E-state index is 10.0. The highest BCUT2D eigenvalue weighted by molar-refractivity contribution is 5.86. The molecule has 0 bridgehead atoms. The number of rotatable bonds is 4. The fourth-order valence-corrected chi connectivity index (χ4v) is 0.274. The number of carbonyl (C=O) groups excluding carboxylic acids is 1. The van der Waals surface area contributed by atoms with Crippen LogP contribution in [0.15, 0.2) is 25.3 Å². The molecule has 0 atom stereocenters. The van der Waals surface area contributed by atoms with Crippen molar-refractivity contribution in [2.24, 2.45) is 0 Å². The van der Waals surface area contributed by atoms with Crippen LogP contribution in [0, 0.1) is 0 Å². The molecule has 0 aromatic rings. The Morgan fingerprint density at radius 2 is 1.92 bits per heavy atom. The van der Waals surface area contributed by atoms with Crippen molar-refractivity contribution in [2.75, 3.05) is 6.73 Å². The van der Waals surface area contributed by atoms with Gasteiger partial charge in [-0.2, -0.15) is 0 Å². The van der Waals surface area contributed by atoms with Crippen LogP contribution in [0.3, 0.4) is 0 Å². The molecule has 0 heterocycles. The lowest BCUT2D eigenvalue weighted by molar-refractivity contribution is -0.136. The first-order valence-corrected chi connectivity index (χ1v) is 3.42. The van der Waals surface area contributed by atoms with Crippen molar-refractivity contribution in [3.8, 4) is 0 Å². The topological polar surface area (TPSA) is 86.6 Å². The fraction of sp³-hybridized carbons (Fsp3) is 0.250. The Kier molecular flexibility index (Phi) is 11.1. The lowest BCUT2D eigenvalue weighted by Gasteiger charge is -1.89. The molecular weight excluding hydrogens is 174 g/mol. The van der Waals surface area contributed by atoms with Gasteiger partial charge in [0, 0.05) is 0 Å². The number of carboxylic acids is 1. The summed E-state index contributed by atoms with van der Waals surface area (Å²) in [6.45, 7) is 6.05. The predicted octanol–water partition coefficient (Wildman–Crippen LogP) is -0.115. The van der Waals surface area contributed by atoms with E-state index in [1.807, 2.05) is 0 Å². The maximum atomic E-state index is 10.0. The fourth-order valence-electron chi connectivity index (χ4n) is 0.274. The Labute approximate surface area is 76.4 Å². The molecule has 0 saturated carbocycles. The van der Waals surface area contributed by atoms with E-state index in [4.69, 9.17) is 10.2 Å². The van der Waals surface area contributed by atoms with Crippen molar-refractivity contribution in [1.82, 2.24) is 5.32 Å². The minimum absolute atomic E-state index is 0.0556. The predicted molar refractivity (Wildman–Crippen MR) is 47.9 cm³/mol. The number of aliphatic hydroxyl groups is 1. The highest BCUT2D eigenvalue weighted by Gasteiger charge is 1.84. The van der Waals surface area contributed by atoms with Gasteiger partial charge >= 0.3 is 5.97 Å². The van der Waals surface area contributed by atoms with Gasteiger partial charge in [-0.25, -0.2) is 0 Å². The summed E-state index contributed by atoms with van der Waals surface area (Å²) in [6, 6.07) is 0. The monoisotopic (exact) mass is 187 g/mol. The molecule has 0 aromatic carbocycles.